The Labute approximate surface area is 103 Å². The highest BCUT2D eigenvalue weighted by Gasteiger charge is 2.17. The summed E-state index contributed by atoms with van der Waals surface area (Å²) >= 11 is 5.92. The van der Waals surface area contributed by atoms with Crippen molar-refractivity contribution in [1.29, 1.82) is 0 Å². The Hall–Kier alpha value is -1.81. The van der Waals surface area contributed by atoms with Gasteiger partial charge in [-0.2, -0.15) is 0 Å². The van der Waals surface area contributed by atoms with E-state index >= 15 is 0 Å². The third-order valence-corrected chi connectivity index (χ3v) is 3.02. The molecule has 0 saturated heterocycles. The van der Waals surface area contributed by atoms with Crippen molar-refractivity contribution in [1.82, 2.24) is 10.3 Å². The van der Waals surface area contributed by atoms with Crippen LogP contribution in [-0.2, 0) is 0 Å². The number of rotatable bonds is 0. The predicted molar refractivity (Wildman–Crippen MR) is 67.6 cm³/mol. The zero-order valence-corrected chi connectivity index (χ0v) is 9.71. The average Bonchev–Trinajstić information content (AvgIpc) is 2.51. The Morgan fingerprint density at radius 2 is 2.06 bits per heavy atom. The Bertz CT molecular complexity index is 612. The monoisotopic (exact) mass is 247 g/mol. The number of fused-ring (bicyclic) bond motifs is 3. The second-order valence-electron chi connectivity index (χ2n) is 3.89. The minimum atomic E-state index is -0.0886. The lowest BCUT2D eigenvalue weighted by Gasteiger charge is -2.09. The van der Waals surface area contributed by atoms with E-state index in [1.54, 1.807) is 18.3 Å². The highest BCUT2D eigenvalue weighted by molar-refractivity contribution is 6.31. The van der Waals surface area contributed by atoms with Crippen LogP contribution in [0.5, 0.6) is 0 Å². The molecule has 3 rings (SSSR count). The van der Waals surface area contributed by atoms with Crippen molar-refractivity contribution in [2.75, 3.05) is 18.4 Å². The van der Waals surface area contributed by atoms with Gasteiger partial charge in [-0.05, 0) is 18.2 Å². The molecule has 1 aliphatic heterocycles. The van der Waals surface area contributed by atoms with Crippen LogP contribution in [0.1, 0.15) is 10.4 Å². The first-order chi connectivity index (χ1) is 8.25. The number of nitrogens with zero attached hydrogens (tertiary/aromatic N) is 1. The fourth-order valence-electron chi connectivity index (χ4n) is 1.99. The summed E-state index contributed by atoms with van der Waals surface area (Å²) in [7, 11) is 0. The van der Waals surface area contributed by atoms with Crippen LogP contribution in [0.3, 0.4) is 0 Å². The van der Waals surface area contributed by atoms with Gasteiger partial charge in [-0.25, -0.2) is 0 Å². The van der Waals surface area contributed by atoms with Gasteiger partial charge in [-0.3, -0.25) is 9.78 Å². The standard InChI is InChI=1S/C12H10ClN3O/c13-7-1-2-8-10(5-7)16-6-9-11(8)14-3-4-15-12(9)17/h1-2,5-6,14H,3-4H2,(H,15,17). The number of anilines is 1. The molecule has 17 heavy (non-hydrogen) atoms. The molecule has 1 aromatic carbocycles. The fourth-order valence-corrected chi connectivity index (χ4v) is 2.15. The molecule has 0 aliphatic carbocycles. The van der Waals surface area contributed by atoms with Gasteiger partial charge in [0.2, 0.25) is 0 Å². The Morgan fingerprint density at radius 3 is 2.94 bits per heavy atom. The van der Waals surface area contributed by atoms with Crippen molar-refractivity contribution >= 4 is 34.1 Å². The number of halogens is 1. The second-order valence-corrected chi connectivity index (χ2v) is 4.33. The number of aromatic nitrogens is 1. The van der Waals surface area contributed by atoms with E-state index in [4.69, 9.17) is 11.6 Å². The van der Waals surface area contributed by atoms with Gasteiger partial charge in [-0.15, -0.1) is 0 Å². The van der Waals surface area contributed by atoms with E-state index in [0.717, 1.165) is 16.6 Å². The molecule has 2 heterocycles. The Balaban J connectivity index is 2.31. The highest BCUT2D eigenvalue weighted by atomic mass is 35.5. The summed E-state index contributed by atoms with van der Waals surface area (Å²) < 4.78 is 0. The summed E-state index contributed by atoms with van der Waals surface area (Å²) in [5.41, 5.74) is 2.21. The maximum atomic E-state index is 11.8. The van der Waals surface area contributed by atoms with Gasteiger partial charge in [0.25, 0.3) is 5.91 Å². The highest BCUT2D eigenvalue weighted by Crippen LogP contribution is 2.28. The number of carbonyl (C=O) groups is 1. The molecule has 1 amide bonds. The Morgan fingerprint density at radius 1 is 1.24 bits per heavy atom. The van der Waals surface area contributed by atoms with Crippen LogP contribution < -0.4 is 10.6 Å². The first-order valence-electron chi connectivity index (χ1n) is 5.36. The molecule has 0 atom stereocenters. The second kappa shape index (κ2) is 3.89. The molecule has 5 heteroatoms. The van der Waals surface area contributed by atoms with E-state index in [0.29, 0.717) is 23.7 Å². The molecule has 0 fully saturated rings. The Kier molecular flexibility index (Phi) is 2.37. The van der Waals surface area contributed by atoms with Crippen LogP contribution in [-0.4, -0.2) is 24.0 Å². The molecule has 4 nitrogen and oxygen atoms in total. The SMILES string of the molecule is O=C1NCCNc2c1cnc1cc(Cl)ccc21. The maximum Gasteiger partial charge on any atom is 0.255 e. The topological polar surface area (TPSA) is 54.0 Å². The molecule has 1 aliphatic rings. The number of carbonyl (C=O) groups excluding carboxylic acids is 1. The van der Waals surface area contributed by atoms with Crippen LogP contribution in [0.4, 0.5) is 5.69 Å². The minimum Gasteiger partial charge on any atom is -0.382 e. The van der Waals surface area contributed by atoms with Gasteiger partial charge in [0.1, 0.15) is 0 Å². The van der Waals surface area contributed by atoms with E-state index in [2.05, 4.69) is 15.6 Å². The molecule has 2 N–H and O–H groups in total. The van der Waals surface area contributed by atoms with Gasteiger partial charge >= 0.3 is 0 Å². The summed E-state index contributed by atoms with van der Waals surface area (Å²) in [4.78, 5) is 16.1. The number of hydrogen-bond acceptors (Lipinski definition) is 3. The summed E-state index contributed by atoms with van der Waals surface area (Å²) in [6.07, 6.45) is 1.58. The van der Waals surface area contributed by atoms with Gasteiger partial charge in [-0.1, -0.05) is 11.6 Å². The van der Waals surface area contributed by atoms with E-state index in [9.17, 15) is 4.79 Å². The van der Waals surface area contributed by atoms with Crippen molar-refractivity contribution in [2.45, 2.75) is 0 Å². The number of pyridine rings is 1. The molecule has 1 aromatic heterocycles. The fraction of sp³-hybridized carbons (Fsp3) is 0.167. The lowest BCUT2D eigenvalue weighted by Crippen LogP contribution is -2.24. The minimum absolute atomic E-state index is 0.0886. The zero-order valence-electron chi connectivity index (χ0n) is 8.96. The van der Waals surface area contributed by atoms with Crippen molar-refractivity contribution < 1.29 is 4.79 Å². The van der Waals surface area contributed by atoms with E-state index < -0.39 is 0 Å². The molecule has 0 radical (unpaired) electrons. The zero-order chi connectivity index (χ0) is 11.8. The first-order valence-corrected chi connectivity index (χ1v) is 5.74. The molecule has 0 unspecified atom stereocenters. The molecule has 0 saturated carbocycles. The van der Waals surface area contributed by atoms with Crippen LogP contribution in [0.15, 0.2) is 24.4 Å². The lowest BCUT2D eigenvalue weighted by molar-refractivity contribution is 0.0958. The summed E-state index contributed by atoms with van der Waals surface area (Å²) in [6.45, 7) is 1.32. The van der Waals surface area contributed by atoms with Crippen LogP contribution in [0.2, 0.25) is 5.02 Å². The number of hydrogen-bond donors (Lipinski definition) is 2. The third-order valence-electron chi connectivity index (χ3n) is 2.79. The summed E-state index contributed by atoms with van der Waals surface area (Å²) in [5.74, 6) is -0.0886. The van der Waals surface area contributed by atoms with Crippen LogP contribution in [0.25, 0.3) is 10.9 Å². The first kappa shape index (κ1) is 10.4. The molecular weight excluding hydrogens is 238 g/mol. The van der Waals surface area contributed by atoms with Gasteiger partial charge in [0, 0.05) is 29.7 Å². The van der Waals surface area contributed by atoms with E-state index in [1.165, 1.54) is 0 Å². The lowest BCUT2D eigenvalue weighted by atomic mass is 10.1. The maximum absolute atomic E-state index is 11.8. The van der Waals surface area contributed by atoms with E-state index in [-0.39, 0.29) is 5.91 Å². The molecule has 0 bridgehead atoms. The summed E-state index contributed by atoms with van der Waals surface area (Å²) in [5, 5.41) is 7.62. The number of amides is 1. The van der Waals surface area contributed by atoms with Crippen LogP contribution in [0, 0.1) is 0 Å². The quantitative estimate of drug-likeness (QED) is 0.749. The third kappa shape index (κ3) is 1.70. The van der Waals surface area contributed by atoms with E-state index in [1.807, 2.05) is 6.07 Å². The molecule has 2 aromatic rings. The summed E-state index contributed by atoms with van der Waals surface area (Å²) in [6, 6.07) is 5.48. The smallest absolute Gasteiger partial charge is 0.255 e. The van der Waals surface area contributed by atoms with Gasteiger partial charge < -0.3 is 10.6 Å². The largest absolute Gasteiger partial charge is 0.382 e. The van der Waals surface area contributed by atoms with Crippen molar-refractivity contribution in [3.8, 4) is 0 Å². The molecule has 86 valence electrons. The van der Waals surface area contributed by atoms with Crippen LogP contribution >= 0.6 is 11.6 Å². The van der Waals surface area contributed by atoms with Crippen molar-refractivity contribution in [2.24, 2.45) is 0 Å². The van der Waals surface area contributed by atoms with Crippen molar-refractivity contribution in [3.05, 3.63) is 35.0 Å². The van der Waals surface area contributed by atoms with Crippen molar-refractivity contribution in [3.63, 3.8) is 0 Å². The predicted octanol–water partition coefficient (Wildman–Crippen LogP) is 2.04. The van der Waals surface area contributed by atoms with Gasteiger partial charge in [0.05, 0.1) is 16.8 Å². The molecular formula is C12H10ClN3O. The number of nitrogens with one attached hydrogen (secondary N) is 2. The molecule has 0 spiro atoms. The van der Waals surface area contributed by atoms with Gasteiger partial charge in [0.15, 0.2) is 0 Å². The normalized spacial score (nSPS) is 14.8. The average molecular weight is 248 g/mol. The number of benzene rings is 1.